The van der Waals surface area contributed by atoms with Crippen molar-refractivity contribution < 1.29 is 32.7 Å². The number of benzene rings is 2. The molecule has 1 fully saturated rings. The zero-order valence-electron chi connectivity index (χ0n) is 18.9. The zero-order chi connectivity index (χ0) is 25.3. The van der Waals surface area contributed by atoms with Gasteiger partial charge in [0.05, 0.1) is 30.5 Å². The van der Waals surface area contributed by atoms with Gasteiger partial charge < -0.3 is 20.7 Å². The molecular weight excluding hydrogens is 462 g/mol. The van der Waals surface area contributed by atoms with E-state index in [-0.39, 0.29) is 23.4 Å². The first-order chi connectivity index (χ1) is 16.7. The van der Waals surface area contributed by atoms with E-state index in [1.807, 2.05) is 0 Å². The Morgan fingerprint density at radius 2 is 1.80 bits per heavy atom. The lowest BCUT2D eigenvalue weighted by molar-refractivity contribution is -0.139. The number of nitrogens with zero attached hydrogens (tertiary/aromatic N) is 1. The molecule has 2 unspecified atom stereocenters. The van der Waals surface area contributed by atoms with Gasteiger partial charge in [0.25, 0.3) is 5.91 Å². The van der Waals surface area contributed by atoms with Crippen molar-refractivity contribution in [2.75, 3.05) is 13.2 Å². The number of amides is 5. The standard InChI is InChI=1S/C24H22F2N4O5/c1-3-35-20(31)18-17(27-22(33)28-19(18)13-7-5-4-6-8-13)12-30-21(32)24(2,29-23(30)34)14-9-10-15(25)16(26)11-14/h4-11,19H,3,12H2,1-2H3,(H,29,34)(H2,27,28,33). The average Bonchev–Trinajstić information content (AvgIpc) is 3.05. The Balaban J connectivity index is 1.73. The largest absolute Gasteiger partial charge is 0.463 e. The summed E-state index contributed by atoms with van der Waals surface area (Å²) in [6, 6.07) is 9.18. The highest BCUT2D eigenvalue weighted by atomic mass is 19.2. The highest BCUT2D eigenvalue weighted by Crippen LogP contribution is 2.32. The van der Waals surface area contributed by atoms with Crippen LogP contribution >= 0.6 is 0 Å². The molecule has 5 amide bonds. The Morgan fingerprint density at radius 3 is 2.46 bits per heavy atom. The highest BCUT2D eigenvalue weighted by Gasteiger charge is 2.50. The van der Waals surface area contributed by atoms with Gasteiger partial charge >= 0.3 is 18.0 Å². The van der Waals surface area contributed by atoms with Gasteiger partial charge in [-0.15, -0.1) is 0 Å². The first kappa shape index (κ1) is 23.9. The predicted molar refractivity (Wildman–Crippen MR) is 118 cm³/mol. The number of imide groups is 1. The molecule has 2 aromatic carbocycles. The van der Waals surface area contributed by atoms with Crippen LogP contribution in [0.1, 0.15) is 31.0 Å². The summed E-state index contributed by atoms with van der Waals surface area (Å²) in [5, 5.41) is 7.65. The molecule has 9 nitrogen and oxygen atoms in total. The Labute approximate surface area is 199 Å². The van der Waals surface area contributed by atoms with Gasteiger partial charge in [-0.05, 0) is 37.1 Å². The number of carbonyl (C=O) groups excluding carboxylic acids is 4. The van der Waals surface area contributed by atoms with Crippen LogP contribution < -0.4 is 16.0 Å². The van der Waals surface area contributed by atoms with Gasteiger partial charge in [0, 0.05) is 0 Å². The molecule has 3 N–H and O–H groups in total. The van der Waals surface area contributed by atoms with Crippen molar-refractivity contribution >= 4 is 23.9 Å². The number of hydrogen-bond donors (Lipinski definition) is 3. The zero-order valence-corrected chi connectivity index (χ0v) is 18.9. The Kier molecular flexibility index (Phi) is 6.25. The molecule has 0 aliphatic carbocycles. The first-order valence-electron chi connectivity index (χ1n) is 10.8. The monoisotopic (exact) mass is 484 g/mol. The number of nitrogens with one attached hydrogen (secondary N) is 3. The topological polar surface area (TPSA) is 117 Å². The summed E-state index contributed by atoms with van der Waals surface area (Å²) in [5.74, 6) is -3.78. The molecule has 0 aromatic heterocycles. The number of carbonyl (C=O) groups is 4. The normalized spacial score (nSPS) is 22.0. The van der Waals surface area contributed by atoms with E-state index in [4.69, 9.17) is 4.74 Å². The van der Waals surface area contributed by atoms with E-state index in [1.165, 1.54) is 13.0 Å². The number of ether oxygens (including phenoxy) is 1. The van der Waals surface area contributed by atoms with Gasteiger partial charge in [0.15, 0.2) is 11.6 Å². The lowest BCUT2D eigenvalue weighted by Gasteiger charge is -2.30. The fraction of sp³-hybridized carbons (Fsp3) is 0.250. The van der Waals surface area contributed by atoms with Crippen molar-refractivity contribution in [3.8, 4) is 0 Å². The fourth-order valence-corrected chi connectivity index (χ4v) is 4.09. The minimum atomic E-state index is -1.69. The van der Waals surface area contributed by atoms with E-state index in [0.717, 1.165) is 17.0 Å². The van der Waals surface area contributed by atoms with Crippen LogP contribution in [0.4, 0.5) is 18.4 Å². The van der Waals surface area contributed by atoms with Crippen molar-refractivity contribution in [1.29, 1.82) is 0 Å². The summed E-state index contributed by atoms with van der Waals surface area (Å²) in [6.07, 6.45) is 0. The molecule has 2 aliphatic heterocycles. The van der Waals surface area contributed by atoms with E-state index in [0.29, 0.717) is 5.56 Å². The number of urea groups is 2. The van der Waals surface area contributed by atoms with Crippen molar-refractivity contribution in [3.05, 3.63) is 82.6 Å². The Hall–Kier alpha value is -4.28. The van der Waals surface area contributed by atoms with E-state index < -0.39 is 53.7 Å². The number of rotatable bonds is 6. The molecule has 2 heterocycles. The summed E-state index contributed by atoms with van der Waals surface area (Å²) in [6.45, 7) is 2.57. The smallest absolute Gasteiger partial charge is 0.338 e. The first-order valence-corrected chi connectivity index (χ1v) is 10.8. The molecule has 0 radical (unpaired) electrons. The molecule has 1 saturated heterocycles. The number of esters is 1. The highest BCUT2D eigenvalue weighted by molar-refractivity contribution is 6.07. The minimum absolute atomic E-state index is 0.000843. The van der Waals surface area contributed by atoms with Gasteiger partial charge in [-0.3, -0.25) is 9.69 Å². The molecule has 11 heteroatoms. The molecule has 0 saturated carbocycles. The van der Waals surface area contributed by atoms with Gasteiger partial charge in [-0.1, -0.05) is 36.4 Å². The van der Waals surface area contributed by atoms with Crippen LogP contribution in [-0.2, 0) is 19.9 Å². The Morgan fingerprint density at radius 1 is 1.09 bits per heavy atom. The minimum Gasteiger partial charge on any atom is -0.463 e. The van der Waals surface area contributed by atoms with Crippen LogP contribution in [0.3, 0.4) is 0 Å². The van der Waals surface area contributed by atoms with Crippen molar-refractivity contribution in [2.24, 2.45) is 0 Å². The van der Waals surface area contributed by atoms with Crippen molar-refractivity contribution in [1.82, 2.24) is 20.9 Å². The molecule has 0 spiro atoms. The van der Waals surface area contributed by atoms with E-state index in [1.54, 1.807) is 37.3 Å². The van der Waals surface area contributed by atoms with Gasteiger partial charge in [-0.25, -0.2) is 23.2 Å². The lowest BCUT2D eigenvalue weighted by atomic mass is 9.91. The molecule has 35 heavy (non-hydrogen) atoms. The third-order valence-corrected chi connectivity index (χ3v) is 5.87. The predicted octanol–water partition coefficient (Wildman–Crippen LogP) is 2.60. The third kappa shape index (κ3) is 4.32. The third-order valence-electron chi connectivity index (χ3n) is 5.87. The summed E-state index contributed by atoms with van der Waals surface area (Å²) in [7, 11) is 0. The van der Waals surface area contributed by atoms with Crippen LogP contribution in [0.5, 0.6) is 0 Å². The molecule has 2 atom stereocenters. The van der Waals surface area contributed by atoms with Crippen molar-refractivity contribution in [3.63, 3.8) is 0 Å². The molecule has 2 aromatic rings. The lowest BCUT2D eigenvalue weighted by Crippen LogP contribution is -2.49. The van der Waals surface area contributed by atoms with Crippen LogP contribution in [-0.4, -0.2) is 42.0 Å². The molecule has 2 aliphatic rings. The molecule has 182 valence electrons. The van der Waals surface area contributed by atoms with Gasteiger partial charge in [0.1, 0.15) is 5.54 Å². The maximum atomic E-state index is 13.8. The summed E-state index contributed by atoms with van der Waals surface area (Å²) in [4.78, 5) is 52.2. The van der Waals surface area contributed by atoms with E-state index >= 15 is 0 Å². The molecular formula is C24H22F2N4O5. The fourth-order valence-electron chi connectivity index (χ4n) is 4.09. The summed E-state index contributed by atoms with van der Waals surface area (Å²) >= 11 is 0. The molecule has 0 bridgehead atoms. The van der Waals surface area contributed by atoms with Crippen LogP contribution in [0.2, 0.25) is 0 Å². The van der Waals surface area contributed by atoms with Crippen LogP contribution in [0.25, 0.3) is 0 Å². The van der Waals surface area contributed by atoms with Crippen LogP contribution in [0, 0.1) is 11.6 Å². The Bertz CT molecular complexity index is 1250. The van der Waals surface area contributed by atoms with Gasteiger partial charge in [-0.2, -0.15) is 0 Å². The van der Waals surface area contributed by atoms with E-state index in [2.05, 4.69) is 16.0 Å². The molecule has 4 rings (SSSR count). The van der Waals surface area contributed by atoms with Gasteiger partial charge in [0.2, 0.25) is 0 Å². The maximum Gasteiger partial charge on any atom is 0.338 e. The van der Waals surface area contributed by atoms with Crippen molar-refractivity contribution in [2.45, 2.75) is 25.4 Å². The second kappa shape index (κ2) is 9.16. The quantitative estimate of drug-likeness (QED) is 0.431. The summed E-state index contributed by atoms with van der Waals surface area (Å²) in [5.41, 5.74) is -1.04. The second-order valence-corrected chi connectivity index (χ2v) is 8.13. The number of hydrogen-bond acceptors (Lipinski definition) is 5. The summed E-state index contributed by atoms with van der Waals surface area (Å²) < 4.78 is 32.4. The van der Waals surface area contributed by atoms with Crippen LogP contribution in [0.15, 0.2) is 59.8 Å². The van der Waals surface area contributed by atoms with E-state index in [9.17, 15) is 28.0 Å². The SMILES string of the molecule is CCOC(=O)C1=C(CN2C(=O)NC(C)(c3ccc(F)c(F)c3)C2=O)NC(=O)NC1c1ccccc1. The average molecular weight is 484 g/mol. The second-order valence-electron chi connectivity index (χ2n) is 8.13. The number of halogens is 2. The maximum absolute atomic E-state index is 13.8.